The molecule has 1 fully saturated rings. The Morgan fingerprint density at radius 1 is 1.29 bits per heavy atom. The molecule has 1 heterocycles. The van der Waals surface area contributed by atoms with Gasteiger partial charge >= 0.3 is 0 Å². The summed E-state index contributed by atoms with van der Waals surface area (Å²) >= 11 is 0. The summed E-state index contributed by atoms with van der Waals surface area (Å²) in [5.41, 5.74) is 0. The lowest BCUT2D eigenvalue weighted by atomic mass is 10.1. The predicted octanol–water partition coefficient (Wildman–Crippen LogP) is 1.94. The van der Waals surface area contributed by atoms with Crippen LogP contribution >= 0.6 is 0 Å². The van der Waals surface area contributed by atoms with Gasteiger partial charge in [0, 0.05) is 6.04 Å². The molecule has 80 valence electrons. The molecule has 2 rings (SSSR count). The van der Waals surface area contributed by atoms with Gasteiger partial charge in [0.2, 0.25) is 0 Å². The van der Waals surface area contributed by atoms with E-state index in [9.17, 15) is 0 Å². The minimum absolute atomic E-state index is 0.356. The molecular weight excluding hydrogens is 174 g/mol. The maximum Gasteiger partial charge on any atom is 0.103 e. The minimum atomic E-state index is 0.356. The highest BCUT2D eigenvalue weighted by molar-refractivity contribution is 5.80. The molecule has 0 bridgehead atoms. The molecule has 0 saturated heterocycles. The molecule has 1 aliphatic heterocycles. The van der Waals surface area contributed by atoms with Crippen LogP contribution in [0.2, 0.25) is 0 Å². The molecule has 0 aromatic carbocycles. The second-order valence-electron chi connectivity index (χ2n) is 4.55. The number of rotatable bonds is 1. The fraction of sp³-hybridized carbons (Fsp3) is 0.909. The molecule has 0 amide bonds. The summed E-state index contributed by atoms with van der Waals surface area (Å²) in [4.78, 5) is 7.12. The quantitative estimate of drug-likeness (QED) is 0.692. The van der Waals surface area contributed by atoms with Gasteiger partial charge in [0.25, 0.3) is 0 Å². The highest BCUT2D eigenvalue weighted by Gasteiger charge is 2.32. The molecular formula is C11H21N3. The predicted molar refractivity (Wildman–Crippen MR) is 59.3 cm³/mol. The zero-order chi connectivity index (χ0) is 10.1. The van der Waals surface area contributed by atoms with Gasteiger partial charge in [-0.1, -0.05) is 12.8 Å². The van der Waals surface area contributed by atoms with E-state index in [1.807, 2.05) is 0 Å². The van der Waals surface area contributed by atoms with E-state index in [4.69, 9.17) is 0 Å². The molecule has 2 atom stereocenters. The monoisotopic (exact) mass is 195 g/mol. The number of nitrogens with one attached hydrogen (secondary N) is 1. The van der Waals surface area contributed by atoms with Crippen LogP contribution in [-0.4, -0.2) is 29.1 Å². The van der Waals surface area contributed by atoms with Crippen LogP contribution in [0.4, 0.5) is 0 Å². The first-order valence-electron chi connectivity index (χ1n) is 5.77. The molecule has 2 aliphatic rings. The number of amidine groups is 1. The molecule has 3 nitrogen and oxygen atoms in total. The highest BCUT2D eigenvalue weighted by atomic mass is 15.4. The summed E-state index contributed by atoms with van der Waals surface area (Å²) in [5, 5.41) is 3.41. The average molecular weight is 195 g/mol. The van der Waals surface area contributed by atoms with Crippen molar-refractivity contribution in [3.63, 3.8) is 0 Å². The van der Waals surface area contributed by atoms with Crippen LogP contribution in [-0.2, 0) is 0 Å². The smallest absolute Gasteiger partial charge is 0.103 e. The van der Waals surface area contributed by atoms with Gasteiger partial charge in [-0.2, -0.15) is 0 Å². The average Bonchev–Trinajstić information content (AvgIpc) is 2.54. The fourth-order valence-corrected chi connectivity index (χ4v) is 2.91. The van der Waals surface area contributed by atoms with Crippen LogP contribution in [0.15, 0.2) is 4.99 Å². The van der Waals surface area contributed by atoms with Crippen LogP contribution in [0.25, 0.3) is 0 Å². The summed E-state index contributed by atoms with van der Waals surface area (Å²) in [6, 6.07) is 0.754. The Kier molecular flexibility index (Phi) is 2.77. The second kappa shape index (κ2) is 3.89. The maximum absolute atomic E-state index is 4.59. The zero-order valence-electron chi connectivity index (χ0n) is 9.45. The van der Waals surface area contributed by atoms with Crippen molar-refractivity contribution < 1.29 is 0 Å². The van der Waals surface area contributed by atoms with Gasteiger partial charge < -0.3 is 5.32 Å². The lowest BCUT2D eigenvalue weighted by molar-refractivity contribution is 0.0825. The van der Waals surface area contributed by atoms with Crippen molar-refractivity contribution in [2.75, 3.05) is 0 Å². The van der Waals surface area contributed by atoms with Gasteiger partial charge in [0.15, 0.2) is 0 Å². The van der Waals surface area contributed by atoms with Crippen molar-refractivity contribution >= 4 is 5.84 Å². The van der Waals surface area contributed by atoms with Gasteiger partial charge in [0.1, 0.15) is 6.17 Å². The third-order valence-electron chi connectivity index (χ3n) is 3.42. The lowest BCUT2D eigenvalue weighted by Gasteiger charge is -2.41. The second-order valence-corrected chi connectivity index (χ2v) is 4.55. The maximum atomic E-state index is 4.59. The van der Waals surface area contributed by atoms with E-state index in [0.717, 1.165) is 11.9 Å². The number of nitrogens with zero attached hydrogens (tertiary/aromatic N) is 2. The third kappa shape index (κ3) is 1.78. The molecule has 0 aromatic heterocycles. The summed E-state index contributed by atoms with van der Waals surface area (Å²) in [6.07, 6.45) is 6.29. The van der Waals surface area contributed by atoms with E-state index in [0.29, 0.717) is 12.3 Å². The largest absolute Gasteiger partial charge is 0.359 e. The minimum Gasteiger partial charge on any atom is -0.359 e. The molecule has 0 aromatic rings. The van der Waals surface area contributed by atoms with Crippen molar-refractivity contribution in [3.05, 3.63) is 0 Å². The first kappa shape index (κ1) is 9.97. The Bertz CT molecular complexity index is 231. The molecule has 1 saturated carbocycles. The number of aliphatic imine (C=N–C) groups is 1. The Morgan fingerprint density at radius 2 is 1.93 bits per heavy atom. The Morgan fingerprint density at radius 3 is 2.50 bits per heavy atom. The summed E-state index contributed by atoms with van der Waals surface area (Å²) < 4.78 is 0. The van der Waals surface area contributed by atoms with E-state index in [1.165, 1.54) is 25.7 Å². The Balaban J connectivity index is 2.09. The first-order valence-corrected chi connectivity index (χ1v) is 5.77. The lowest BCUT2D eigenvalue weighted by Crippen LogP contribution is -2.56. The number of hydrogen-bond donors (Lipinski definition) is 1. The molecule has 14 heavy (non-hydrogen) atoms. The topological polar surface area (TPSA) is 27.6 Å². The van der Waals surface area contributed by atoms with Crippen molar-refractivity contribution in [2.24, 2.45) is 4.99 Å². The zero-order valence-corrected chi connectivity index (χ0v) is 9.45. The first-order chi connectivity index (χ1) is 6.68. The van der Waals surface area contributed by atoms with E-state index < -0.39 is 0 Å². The van der Waals surface area contributed by atoms with E-state index >= 15 is 0 Å². The van der Waals surface area contributed by atoms with Gasteiger partial charge in [-0.05, 0) is 33.6 Å². The molecule has 3 heteroatoms. The number of hydrogen-bond acceptors (Lipinski definition) is 3. The van der Waals surface area contributed by atoms with E-state index in [2.05, 4.69) is 36.0 Å². The molecule has 1 N–H and O–H groups in total. The molecule has 1 unspecified atom stereocenters. The van der Waals surface area contributed by atoms with Crippen LogP contribution in [0.5, 0.6) is 0 Å². The van der Waals surface area contributed by atoms with Crippen LogP contribution in [0, 0.1) is 0 Å². The third-order valence-corrected chi connectivity index (χ3v) is 3.42. The highest BCUT2D eigenvalue weighted by Crippen LogP contribution is 2.27. The Hall–Kier alpha value is -0.570. The van der Waals surface area contributed by atoms with Crippen LogP contribution in [0.3, 0.4) is 0 Å². The molecule has 0 spiro atoms. The van der Waals surface area contributed by atoms with Crippen LogP contribution in [0.1, 0.15) is 46.5 Å². The fourth-order valence-electron chi connectivity index (χ4n) is 2.91. The normalized spacial score (nSPS) is 35.5. The molecule has 0 radical (unpaired) electrons. The SMILES string of the molecule is CC1=N[C@H](C)N(C2CCCC2)C(C)N1. The summed E-state index contributed by atoms with van der Waals surface area (Å²) in [7, 11) is 0. The van der Waals surface area contributed by atoms with Crippen LogP contribution < -0.4 is 5.32 Å². The van der Waals surface area contributed by atoms with E-state index in [1.54, 1.807) is 0 Å². The van der Waals surface area contributed by atoms with E-state index in [-0.39, 0.29) is 0 Å². The van der Waals surface area contributed by atoms with Gasteiger partial charge in [-0.15, -0.1) is 0 Å². The summed E-state index contributed by atoms with van der Waals surface area (Å²) in [6.45, 7) is 6.51. The standard InChI is InChI=1S/C11H21N3/c1-8-12-9(2)14(10(3)13-8)11-6-4-5-7-11/h9-11H,4-7H2,1-3H3,(H,12,13)/t9-,10?/m0/s1. The van der Waals surface area contributed by atoms with Crippen molar-refractivity contribution in [1.29, 1.82) is 0 Å². The van der Waals surface area contributed by atoms with Crippen molar-refractivity contribution in [1.82, 2.24) is 10.2 Å². The van der Waals surface area contributed by atoms with Gasteiger partial charge in [0.05, 0.1) is 12.0 Å². The van der Waals surface area contributed by atoms with Gasteiger partial charge in [-0.3, -0.25) is 9.89 Å². The summed E-state index contributed by atoms with van der Waals surface area (Å²) in [5.74, 6) is 1.08. The van der Waals surface area contributed by atoms with Gasteiger partial charge in [-0.25, -0.2) is 0 Å². The Labute approximate surface area is 86.6 Å². The van der Waals surface area contributed by atoms with Crippen molar-refractivity contribution in [3.8, 4) is 0 Å². The molecule has 1 aliphatic carbocycles. The van der Waals surface area contributed by atoms with Crippen molar-refractivity contribution in [2.45, 2.75) is 64.8 Å².